The fourth-order valence-corrected chi connectivity index (χ4v) is 4.91. The molecule has 0 spiro atoms. The van der Waals surface area contributed by atoms with Crippen LogP contribution in [0.5, 0.6) is 0 Å². The van der Waals surface area contributed by atoms with E-state index in [4.69, 9.17) is 0 Å². The maximum atomic E-state index is 13.9. The number of aryl methyl sites for hydroxylation is 1. The van der Waals surface area contributed by atoms with E-state index in [2.05, 4.69) is 5.10 Å². The molecular weight excluding hydrogens is 424 g/mol. The van der Waals surface area contributed by atoms with Crippen molar-refractivity contribution in [3.63, 3.8) is 0 Å². The summed E-state index contributed by atoms with van der Waals surface area (Å²) in [6.07, 6.45) is 1.75. The van der Waals surface area contributed by atoms with Crippen LogP contribution in [-0.4, -0.2) is 38.2 Å². The highest BCUT2D eigenvalue weighted by Gasteiger charge is 2.33. The molecule has 1 aromatic heterocycles. The molecule has 3 aromatic carbocycles. The lowest BCUT2D eigenvalue weighted by Crippen LogP contribution is -2.42. The van der Waals surface area contributed by atoms with E-state index < -0.39 is 0 Å². The monoisotopic (exact) mass is 452 g/mol. The maximum Gasteiger partial charge on any atom is 0.350 e. The van der Waals surface area contributed by atoms with Crippen LogP contribution in [0.1, 0.15) is 41.6 Å². The lowest BCUT2D eigenvalue weighted by molar-refractivity contribution is -0.133. The van der Waals surface area contributed by atoms with Gasteiger partial charge in [0.25, 0.3) is 0 Å². The minimum Gasteiger partial charge on any atom is -0.341 e. The van der Waals surface area contributed by atoms with Crippen molar-refractivity contribution in [3.05, 3.63) is 118 Å². The van der Waals surface area contributed by atoms with Gasteiger partial charge in [0.2, 0.25) is 5.91 Å². The zero-order chi connectivity index (χ0) is 23.5. The molecule has 1 fully saturated rings. The Balaban J connectivity index is 1.48. The van der Waals surface area contributed by atoms with Crippen LogP contribution >= 0.6 is 0 Å². The molecule has 1 amide bonds. The van der Waals surface area contributed by atoms with Gasteiger partial charge in [0.1, 0.15) is 5.82 Å². The number of benzene rings is 3. The number of hydrogen-bond acceptors (Lipinski definition) is 3. The largest absolute Gasteiger partial charge is 0.350 e. The van der Waals surface area contributed by atoms with Crippen molar-refractivity contribution in [2.75, 3.05) is 13.1 Å². The molecule has 6 nitrogen and oxygen atoms in total. The van der Waals surface area contributed by atoms with Gasteiger partial charge in [-0.25, -0.2) is 14.0 Å². The Kier molecular flexibility index (Phi) is 6.12. The molecule has 172 valence electrons. The molecule has 0 radical (unpaired) electrons. The van der Waals surface area contributed by atoms with E-state index >= 15 is 0 Å². The molecule has 0 bridgehead atoms. The fourth-order valence-electron chi connectivity index (χ4n) is 4.91. The van der Waals surface area contributed by atoms with Crippen LogP contribution in [0.15, 0.2) is 95.8 Å². The summed E-state index contributed by atoms with van der Waals surface area (Å²) in [5.74, 6) is 0.430. The standard InChI is InChI=1S/C28H28N4O2/c1-30-28(34)32(24-17-9-4-10-18-24)26(29-30)23-16-11-19-31(20-23)27(33)25(21-12-5-2-6-13-21)22-14-7-3-8-15-22/h2-10,12-15,17-18,23,25H,11,16,19-20H2,1H3. The Morgan fingerprint density at radius 2 is 1.44 bits per heavy atom. The molecule has 1 unspecified atom stereocenters. The van der Waals surface area contributed by atoms with Crippen LogP contribution in [0, 0.1) is 0 Å². The van der Waals surface area contributed by atoms with E-state index in [1.807, 2.05) is 95.9 Å². The topological polar surface area (TPSA) is 60.1 Å². The van der Waals surface area contributed by atoms with E-state index in [1.165, 1.54) is 4.68 Å². The summed E-state index contributed by atoms with van der Waals surface area (Å²) in [7, 11) is 1.68. The summed E-state index contributed by atoms with van der Waals surface area (Å²) in [5, 5.41) is 4.59. The van der Waals surface area contributed by atoms with Crippen LogP contribution in [0.4, 0.5) is 0 Å². The van der Waals surface area contributed by atoms with Gasteiger partial charge < -0.3 is 4.90 Å². The molecule has 2 heterocycles. The first kappa shape index (κ1) is 21.9. The molecule has 0 N–H and O–H groups in total. The second-order valence-electron chi connectivity index (χ2n) is 8.81. The lowest BCUT2D eigenvalue weighted by Gasteiger charge is -2.35. The van der Waals surface area contributed by atoms with Crippen LogP contribution in [-0.2, 0) is 11.8 Å². The van der Waals surface area contributed by atoms with Crippen molar-refractivity contribution in [3.8, 4) is 5.69 Å². The highest BCUT2D eigenvalue weighted by molar-refractivity contribution is 5.87. The van der Waals surface area contributed by atoms with Gasteiger partial charge in [0, 0.05) is 26.1 Å². The molecule has 0 aliphatic carbocycles. The van der Waals surface area contributed by atoms with Crippen molar-refractivity contribution >= 4 is 5.91 Å². The lowest BCUT2D eigenvalue weighted by atomic mass is 9.88. The quantitative estimate of drug-likeness (QED) is 0.458. The predicted molar refractivity (Wildman–Crippen MR) is 132 cm³/mol. The first-order chi connectivity index (χ1) is 16.6. The third kappa shape index (κ3) is 4.19. The second kappa shape index (κ2) is 9.51. The van der Waals surface area contributed by atoms with Gasteiger partial charge >= 0.3 is 5.69 Å². The molecular formula is C28H28N4O2. The van der Waals surface area contributed by atoms with Crippen molar-refractivity contribution in [2.24, 2.45) is 7.05 Å². The molecule has 1 aliphatic rings. The molecule has 5 rings (SSSR count). The molecule has 1 atom stereocenters. The summed E-state index contributed by atoms with van der Waals surface area (Å²) in [4.78, 5) is 28.8. The Morgan fingerprint density at radius 1 is 0.882 bits per heavy atom. The summed E-state index contributed by atoms with van der Waals surface area (Å²) in [5.41, 5.74) is 2.60. The summed E-state index contributed by atoms with van der Waals surface area (Å²) in [6.45, 7) is 1.24. The zero-order valence-electron chi connectivity index (χ0n) is 19.2. The van der Waals surface area contributed by atoms with Gasteiger partial charge in [-0.15, -0.1) is 0 Å². The van der Waals surface area contributed by atoms with E-state index in [-0.39, 0.29) is 23.4 Å². The average Bonchev–Trinajstić information content (AvgIpc) is 3.20. The van der Waals surface area contributed by atoms with E-state index in [0.29, 0.717) is 18.9 Å². The zero-order valence-corrected chi connectivity index (χ0v) is 19.2. The molecule has 0 saturated carbocycles. The van der Waals surface area contributed by atoms with Crippen LogP contribution < -0.4 is 5.69 Å². The number of likely N-dealkylation sites (tertiary alicyclic amines) is 1. The molecule has 6 heteroatoms. The first-order valence-electron chi connectivity index (χ1n) is 11.7. The number of carbonyl (C=O) groups excluding carboxylic acids is 1. The van der Waals surface area contributed by atoms with Crippen molar-refractivity contribution in [2.45, 2.75) is 24.7 Å². The van der Waals surface area contributed by atoms with Crippen molar-refractivity contribution in [1.82, 2.24) is 19.2 Å². The minimum atomic E-state index is -0.360. The number of piperidine rings is 1. The number of para-hydroxylation sites is 1. The number of aromatic nitrogens is 3. The molecule has 34 heavy (non-hydrogen) atoms. The van der Waals surface area contributed by atoms with Gasteiger partial charge in [-0.05, 0) is 36.1 Å². The third-order valence-electron chi connectivity index (χ3n) is 6.58. The molecule has 1 saturated heterocycles. The normalized spacial score (nSPS) is 16.1. The fraction of sp³-hybridized carbons (Fsp3) is 0.250. The molecule has 1 aliphatic heterocycles. The van der Waals surface area contributed by atoms with Crippen molar-refractivity contribution in [1.29, 1.82) is 0 Å². The van der Waals surface area contributed by atoms with Gasteiger partial charge in [-0.1, -0.05) is 78.9 Å². The maximum absolute atomic E-state index is 13.9. The number of hydrogen-bond donors (Lipinski definition) is 0. The number of nitrogens with zero attached hydrogens (tertiary/aromatic N) is 4. The first-order valence-corrected chi connectivity index (χ1v) is 11.7. The SMILES string of the molecule is Cn1nc(C2CCCN(C(=O)C(c3ccccc3)c3ccccc3)C2)n(-c2ccccc2)c1=O. The molecule has 4 aromatic rings. The number of amides is 1. The van der Waals surface area contributed by atoms with E-state index in [0.717, 1.165) is 29.7 Å². The summed E-state index contributed by atoms with van der Waals surface area (Å²) < 4.78 is 3.07. The van der Waals surface area contributed by atoms with Gasteiger partial charge in [0.15, 0.2) is 0 Å². The summed E-state index contributed by atoms with van der Waals surface area (Å²) >= 11 is 0. The average molecular weight is 453 g/mol. The van der Waals surface area contributed by atoms with Gasteiger partial charge in [0.05, 0.1) is 11.6 Å². The van der Waals surface area contributed by atoms with E-state index in [9.17, 15) is 9.59 Å². The smallest absolute Gasteiger partial charge is 0.341 e. The third-order valence-corrected chi connectivity index (χ3v) is 6.58. The predicted octanol–water partition coefficient (Wildman–Crippen LogP) is 4.11. The van der Waals surface area contributed by atoms with Crippen LogP contribution in [0.2, 0.25) is 0 Å². The number of rotatable bonds is 5. The second-order valence-corrected chi connectivity index (χ2v) is 8.81. The van der Waals surface area contributed by atoms with Crippen molar-refractivity contribution < 1.29 is 4.79 Å². The Hall–Kier alpha value is -3.93. The summed E-state index contributed by atoms with van der Waals surface area (Å²) in [6, 6.07) is 29.5. The highest BCUT2D eigenvalue weighted by atomic mass is 16.2. The van der Waals surface area contributed by atoms with Gasteiger partial charge in [-0.3, -0.25) is 4.79 Å². The van der Waals surface area contributed by atoms with Crippen LogP contribution in [0.25, 0.3) is 5.69 Å². The van der Waals surface area contributed by atoms with Gasteiger partial charge in [-0.2, -0.15) is 5.10 Å². The highest BCUT2D eigenvalue weighted by Crippen LogP contribution is 2.32. The Morgan fingerprint density at radius 3 is 2.03 bits per heavy atom. The Labute approximate surface area is 199 Å². The number of carbonyl (C=O) groups is 1. The van der Waals surface area contributed by atoms with E-state index in [1.54, 1.807) is 11.6 Å². The minimum absolute atomic E-state index is 0.0148. The Bertz CT molecular complexity index is 1270. The van der Waals surface area contributed by atoms with Crippen LogP contribution in [0.3, 0.4) is 0 Å².